The fraction of sp³-hybridized carbons (Fsp3) is 1.00. The van der Waals surface area contributed by atoms with Gasteiger partial charge >= 0.3 is 0 Å². The summed E-state index contributed by atoms with van der Waals surface area (Å²) in [6.07, 6.45) is 3.83. The Morgan fingerprint density at radius 2 is 0.667 bits per heavy atom. The van der Waals surface area contributed by atoms with Gasteiger partial charge in [-0.2, -0.15) is 0 Å². The Morgan fingerprint density at radius 3 is 0.889 bits per heavy atom. The highest BCUT2D eigenvalue weighted by atomic mass is 14.5. The summed E-state index contributed by atoms with van der Waals surface area (Å²) in [6.45, 7) is 29.1. The maximum absolute atomic E-state index is 2.48. The predicted octanol–water partition coefficient (Wildman–Crippen LogP) is 11.8. The van der Waals surface area contributed by atoms with Crippen molar-refractivity contribution in [3.63, 3.8) is 0 Å². The van der Waals surface area contributed by atoms with Crippen LogP contribution in [0.15, 0.2) is 0 Å². The minimum atomic E-state index is 0. The number of hydrogen-bond acceptors (Lipinski definition) is 0. The summed E-state index contributed by atoms with van der Waals surface area (Å²) >= 11 is 0. The van der Waals surface area contributed by atoms with Crippen LogP contribution in [-0.4, -0.2) is 0 Å². The molecule has 0 fully saturated rings. The second kappa shape index (κ2) is 14.9. The van der Waals surface area contributed by atoms with Crippen molar-refractivity contribution in [3.8, 4) is 0 Å². The average molecular weight is 395 g/mol. The van der Waals surface area contributed by atoms with Crippen LogP contribution in [-0.2, 0) is 0 Å². The summed E-state index contributed by atoms with van der Waals surface area (Å²) in [5, 5.41) is 0. The molecule has 0 heterocycles. The van der Waals surface area contributed by atoms with Crippen molar-refractivity contribution in [1.82, 2.24) is 0 Å². The first-order chi connectivity index (χ1) is 8.47. The summed E-state index contributed by atoms with van der Waals surface area (Å²) in [5.74, 6) is 0. The quantitative estimate of drug-likeness (QED) is 0.420. The molecule has 0 amide bonds. The van der Waals surface area contributed by atoms with Crippen LogP contribution >= 0.6 is 0 Å². The molecule has 0 bridgehead atoms. The van der Waals surface area contributed by atoms with E-state index >= 15 is 0 Å². The Hall–Kier alpha value is 0. The van der Waals surface area contributed by atoms with Crippen LogP contribution in [0.25, 0.3) is 0 Å². The summed E-state index contributed by atoms with van der Waals surface area (Å²) in [6, 6.07) is 0. The molecule has 0 rings (SSSR count). The Balaban J connectivity index is -0.0000000860. The fourth-order valence-corrected chi connectivity index (χ4v) is 3.17. The van der Waals surface area contributed by atoms with Gasteiger partial charge in [0.1, 0.15) is 0 Å². The second-order valence-corrected chi connectivity index (χ2v) is 10.8. The molecular weight excluding hydrogens is 324 g/mol. The van der Waals surface area contributed by atoms with Crippen LogP contribution in [0.4, 0.5) is 0 Å². The predicted molar refractivity (Wildman–Crippen MR) is 141 cm³/mol. The first-order valence-electron chi connectivity index (χ1n) is 8.47. The molecular formula is C27H70. The van der Waals surface area contributed by atoms with Gasteiger partial charge in [-0.05, 0) is 39.9 Å². The summed E-state index contributed by atoms with van der Waals surface area (Å²) in [7, 11) is 0. The minimum absolute atomic E-state index is 0. The van der Waals surface area contributed by atoms with Gasteiger partial charge < -0.3 is 0 Å². The van der Waals surface area contributed by atoms with Crippen LogP contribution in [0.2, 0.25) is 0 Å². The van der Waals surface area contributed by atoms with Crippen molar-refractivity contribution in [2.75, 3.05) is 0 Å². The normalized spacial score (nSPS) is 11.6. The van der Waals surface area contributed by atoms with Crippen LogP contribution in [0.1, 0.15) is 154 Å². The standard InChI is InChI=1S/C20H42.7CH4/c1-13-17(5,6)14-19(9,10)20(11,12)15-18(7,8)16(2,3)4;;;;;;;/h13-15H2,1-12H3;7*1H4. The SMILES string of the molecule is C.C.C.C.C.C.C.CCC(C)(C)CC(C)(C)C(C)(C)CC(C)(C)C(C)(C)C. The van der Waals surface area contributed by atoms with E-state index in [-0.39, 0.29) is 52.0 Å². The van der Waals surface area contributed by atoms with Gasteiger partial charge in [-0.25, -0.2) is 0 Å². The number of hydrogen-bond donors (Lipinski definition) is 0. The smallest absolute Gasteiger partial charge is 0.0297 e. The van der Waals surface area contributed by atoms with Crippen molar-refractivity contribution in [2.45, 2.75) is 154 Å². The van der Waals surface area contributed by atoms with Gasteiger partial charge in [0, 0.05) is 0 Å². The maximum atomic E-state index is 2.48. The van der Waals surface area contributed by atoms with E-state index in [1.165, 1.54) is 19.3 Å². The van der Waals surface area contributed by atoms with E-state index in [4.69, 9.17) is 0 Å². The van der Waals surface area contributed by atoms with E-state index in [0.717, 1.165) is 0 Å². The Labute approximate surface area is 181 Å². The lowest BCUT2D eigenvalue weighted by molar-refractivity contribution is -0.0197. The molecule has 178 valence electrons. The van der Waals surface area contributed by atoms with Gasteiger partial charge in [-0.1, -0.05) is 141 Å². The minimum Gasteiger partial charge on any atom is -0.0776 e. The van der Waals surface area contributed by atoms with E-state index in [1.54, 1.807) is 0 Å². The zero-order valence-electron chi connectivity index (χ0n) is 16.6. The third-order valence-electron chi connectivity index (χ3n) is 6.62. The Morgan fingerprint density at radius 1 is 0.407 bits per heavy atom. The van der Waals surface area contributed by atoms with Crippen molar-refractivity contribution in [3.05, 3.63) is 0 Å². The molecule has 0 aliphatic rings. The van der Waals surface area contributed by atoms with Crippen LogP contribution in [0.3, 0.4) is 0 Å². The van der Waals surface area contributed by atoms with Gasteiger partial charge in [0.2, 0.25) is 0 Å². The zero-order chi connectivity index (χ0) is 16.6. The first kappa shape index (κ1) is 50.6. The summed E-state index contributed by atoms with van der Waals surface area (Å²) in [5.41, 5.74) is 1.84. The van der Waals surface area contributed by atoms with Crippen molar-refractivity contribution in [2.24, 2.45) is 27.1 Å². The fourth-order valence-electron chi connectivity index (χ4n) is 3.17. The van der Waals surface area contributed by atoms with Crippen LogP contribution in [0.5, 0.6) is 0 Å². The highest BCUT2D eigenvalue weighted by Gasteiger charge is 2.45. The lowest BCUT2D eigenvalue weighted by atomic mass is 9.53. The first-order valence-corrected chi connectivity index (χ1v) is 8.47. The van der Waals surface area contributed by atoms with Crippen LogP contribution < -0.4 is 0 Å². The Kier molecular flexibility index (Phi) is 27.9. The van der Waals surface area contributed by atoms with Crippen LogP contribution in [0, 0.1) is 27.1 Å². The molecule has 27 heavy (non-hydrogen) atoms. The summed E-state index contributed by atoms with van der Waals surface area (Å²) < 4.78 is 0. The van der Waals surface area contributed by atoms with Gasteiger partial charge in [0.25, 0.3) is 0 Å². The molecule has 0 saturated carbocycles. The summed E-state index contributed by atoms with van der Waals surface area (Å²) in [4.78, 5) is 0. The molecule has 0 heteroatoms. The molecule has 0 radical (unpaired) electrons. The molecule has 0 aromatic rings. The molecule has 0 aliphatic heterocycles. The lowest BCUT2D eigenvalue weighted by Crippen LogP contribution is -2.42. The molecule has 0 unspecified atom stereocenters. The molecule has 0 nitrogen and oxygen atoms in total. The van der Waals surface area contributed by atoms with Gasteiger partial charge in [0.15, 0.2) is 0 Å². The largest absolute Gasteiger partial charge is 0.0776 e. The highest BCUT2D eigenvalue weighted by Crippen LogP contribution is 2.55. The lowest BCUT2D eigenvalue weighted by Gasteiger charge is -2.52. The maximum Gasteiger partial charge on any atom is -0.0297 e. The van der Waals surface area contributed by atoms with E-state index < -0.39 is 0 Å². The van der Waals surface area contributed by atoms with E-state index in [1.807, 2.05) is 0 Å². The molecule has 0 atom stereocenters. The van der Waals surface area contributed by atoms with Gasteiger partial charge in [0.05, 0.1) is 0 Å². The average Bonchev–Trinajstić information content (AvgIpc) is 2.12. The topological polar surface area (TPSA) is 0 Å². The van der Waals surface area contributed by atoms with E-state index in [2.05, 4.69) is 83.1 Å². The zero-order valence-corrected chi connectivity index (χ0v) is 16.6. The number of rotatable bonds is 6. The van der Waals surface area contributed by atoms with Crippen molar-refractivity contribution in [1.29, 1.82) is 0 Å². The molecule has 0 N–H and O–H groups in total. The molecule has 0 aromatic heterocycles. The molecule has 0 aliphatic carbocycles. The van der Waals surface area contributed by atoms with E-state index in [0.29, 0.717) is 27.1 Å². The second-order valence-electron chi connectivity index (χ2n) is 10.8. The van der Waals surface area contributed by atoms with E-state index in [9.17, 15) is 0 Å². The van der Waals surface area contributed by atoms with Gasteiger partial charge in [-0.3, -0.25) is 0 Å². The molecule has 0 saturated heterocycles. The highest BCUT2D eigenvalue weighted by molar-refractivity contribution is 4.95. The van der Waals surface area contributed by atoms with Crippen molar-refractivity contribution < 1.29 is 0 Å². The third-order valence-corrected chi connectivity index (χ3v) is 6.62. The molecule has 0 spiro atoms. The van der Waals surface area contributed by atoms with Gasteiger partial charge in [-0.15, -0.1) is 0 Å². The molecule has 0 aromatic carbocycles. The Bertz CT molecular complexity index is 307. The third kappa shape index (κ3) is 13.8. The monoisotopic (exact) mass is 395 g/mol. The van der Waals surface area contributed by atoms with Crippen molar-refractivity contribution >= 4 is 0 Å².